The second kappa shape index (κ2) is 10.0. The van der Waals surface area contributed by atoms with E-state index in [1.807, 2.05) is 6.92 Å². The highest BCUT2D eigenvalue weighted by Gasteiger charge is 2.26. The average Bonchev–Trinajstić information content (AvgIpc) is 3.52. The number of carbonyl (C=O) groups excluding carboxylic acids is 2. The van der Waals surface area contributed by atoms with Gasteiger partial charge in [-0.3, -0.25) is 19.2 Å². The maximum absolute atomic E-state index is 12.9. The third-order valence-electron chi connectivity index (χ3n) is 7.34. The van der Waals surface area contributed by atoms with Crippen LogP contribution in [0.15, 0.2) is 83.9 Å². The molecule has 1 amide bonds. The van der Waals surface area contributed by atoms with Crippen molar-refractivity contribution in [1.82, 2.24) is 20.0 Å². The smallest absolute Gasteiger partial charge is 0.258 e. The van der Waals surface area contributed by atoms with Gasteiger partial charge in [0.15, 0.2) is 5.78 Å². The lowest BCUT2D eigenvalue weighted by Crippen LogP contribution is -2.49. The lowest BCUT2D eigenvalue weighted by atomic mass is 9.93. The molecule has 3 aromatic rings. The van der Waals surface area contributed by atoms with Crippen molar-refractivity contribution in [2.75, 3.05) is 13.1 Å². The third kappa shape index (κ3) is 5.16. The molecule has 2 aliphatic carbocycles. The maximum atomic E-state index is 12.9. The molecule has 2 N–H and O–H groups in total. The van der Waals surface area contributed by atoms with Gasteiger partial charge in [0.05, 0.1) is 24.4 Å². The number of aliphatic hydroxyl groups excluding tert-OH is 1. The molecule has 0 radical (unpaired) electrons. The van der Waals surface area contributed by atoms with Crippen LogP contribution in [0, 0.1) is 6.92 Å². The summed E-state index contributed by atoms with van der Waals surface area (Å²) in [6, 6.07) is 14.7. The van der Waals surface area contributed by atoms with E-state index < -0.39 is 0 Å². The minimum absolute atomic E-state index is 0.0581. The van der Waals surface area contributed by atoms with Gasteiger partial charge in [0.1, 0.15) is 0 Å². The van der Waals surface area contributed by atoms with Crippen LogP contribution < -0.4 is 5.32 Å². The topological polar surface area (TPSA) is 87.5 Å². The van der Waals surface area contributed by atoms with E-state index in [0.717, 1.165) is 23.2 Å². The molecule has 7 nitrogen and oxygen atoms in total. The number of Topliss-reactive ketones (excluding diaryl/α,β-unsaturated/α-hetero) is 1. The largest absolute Gasteiger partial charge is 0.390 e. The number of rotatable bonds is 7. The number of likely N-dealkylation sites (tertiary alicyclic amines) is 1. The number of amides is 1. The predicted molar refractivity (Wildman–Crippen MR) is 145 cm³/mol. The van der Waals surface area contributed by atoms with Crippen LogP contribution in [0.5, 0.6) is 0 Å². The molecule has 1 aromatic heterocycles. The SMILES string of the molecule is Cc1ccc(Cn2cc(C(=O)NC3=CCC(=O)C(C4=Cc5cc(CN6CC(O)C6)ccc5C4)=C3)cn2)cc1. The number of allylic oxidation sites excluding steroid dienone is 4. The Morgan fingerprint density at radius 3 is 2.66 bits per heavy atom. The summed E-state index contributed by atoms with van der Waals surface area (Å²) in [5.74, 6) is -0.191. The van der Waals surface area contributed by atoms with Gasteiger partial charge < -0.3 is 10.4 Å². The van der Waals surface area contributed by atoms with Crippen LogP contribution in [0.3, 0.4) is 0 Å². The minimum Gasteiger partial charge on any atom is -0.390 e. The Bertz CT molecular complexity index is 1500. The molecule has 7 heteroatoms. The molecule has 1 saturated heterocycles. The van der Waals surface area contributed by atoms with Crippen LogP contribution in [0.1, 0.15) is 44.6 Å². The number of benzene rings is 2. The first-order valence-electron chi connectivity index (χ1n) is 13.0. The number of aromatic nitrogens is 2. The van der Waals surface area contributed by atoms with Gasteiger partial charge in [-0.15, -0.1) is 0 Å². The van der Waals surface area contributed by atoms with Crippen LogP contribution >= 0.6 is 0 Å². The Labute approximate surface area is 221 Å². The van der Waals surface area contributed by atoms with Crippen LogP contribution in [-0.2, 0) is 24.3 Å². The van der Waals surface area contributed by atoms with Gasteiger partial charge in [-0.2, -0.15) is 5.10 Å². The Morgan fingerprint density at radius 2 is 1.87 bits per heavy atom. The summed E-state index contributed by atoms with van der Waals surface area (Å²) in [4.78, 5) is 28.0. The molecule has 0 saturated carbocycles. The first-order chi connectivity index (χ1) is 18.4. The summed E-state index contributed by atoms with van der Waals surface area (Å²) in [7, 11) is 0. The zero-order valence-corrected chi connectivity index (χ0v) is 21.4. The molecule has 0 unspecified atom stereocenters. The Balaban J connectivity index is 1.12. The second-order valence-corrected chi connectivity index (χ2v) is 10.4. The molecule has 1 fully saturated rings. The summed E-state index contributed by atoms with van der Waals surface area (Å²) in [6.45, 7) is 4.89. The molecule has 3 aliphatic rings. The van der Waals surface area contributed by atoms with Crippen molar-refractivity contribution in [3.63, 3.8) is 0 Å². The first kappa shape index (κ1) is 24.3. The van der Waals surface area contributed by atoms with E-state index in [1.54, 1.807) is 29.2 Å². The van der Waals surface area contributed by atoms with Crippen LogP contribution in [0.4, 0.5) is 0 Å². The highest BCUT2D eigenvalue weighted by Crippen LogP contribution is 2.33. The van der Waals surface area contributed by atoms with E-state index in [1.165, 1.54) is 16.7 Å². The molecule has 38 heavy (non-hydrogen) atoms. The number of nitrogens with zero attached hydrogens (tertiary/aromatic N) is 3. The van der Waals surface area contributed by atoms with Gasteiger partial charge in [-0.05, 0) is 47.2 Å². The summed E-state index contributed by atoms with van der Waals surface area (Å²) < 4.78 is 1.75. The fourth-order valence-corrected chi connectivity index (χ4v) is 5.20. The molecule has 0 bridgehead atoms. The van der Waals surface area contributed by atoms with Crippen LogP contribution in [0.2, 0.25) is 0 Å². The third-order valence-corrected chi connectivity index (χ3v) is 7.34. The summed E-state index contributed by atoms with van der Waals surface area (Å²) >= 11 is 0. The number of β-amino-alcohol motifs (C(OH)–C–C–N with tert-alkyl or cyclic N) is 1. The highest BCUT2D eigenvalue weighted by molar-refractivity contribution is 6.04. The van der Waals surface area contributed by atoms with Crippen molar-refractivity contribution in [2.45, 2.75) is 39.0 Å². The number of hydrogen-bond acceptors (Lipinski definition) is 5. The van der Waals surface area contributed by atoms with Crippen molar-refractivity contribution < 1.29 is 14.7 Å². The number of nitrogens with one attached hydrogen (secondary N) is 1. The summed E-state index contributed by atoms with van der Waals surface area (Å²) in [5, 5.41) is 16.8. The van der Waals surface area contributed by atoms with Crippen molar-refractivity contribution in [3.05, 3.63) is 117 Å². The molecular weight excluding hydrogens is 476 g/mol. The van der Waals surface area contributed by atoms with Crippen molar-refractivity contribution in [2.24, 2.45) is 0 Å². The van der Waals surface area contributed by atoms with E-state index in [9.17, 15) is 14.7 Å². The van der Waals surface area contributed by atoms with Gasteiger partial charge in [0.25, 0.3) is 5.91 Å². The van der Waals surface area contributed by atoms with Crippen LogP contribution in [0.25, 0.3) is 6.08 Å². The quantitative estimate of drug-likeness (QED) is 0.512. The zero-order valence-electron chi connectivity index (χ0n) is 21.4. The number of aryl methyl sites for hydroxylation is 1. The van der Waals surface area contributed by atoms with E-state index in [0.29, 0.717) is 42.9 Å². The fourth-order valence-electron chi connectivity index (χ4n) is 5.20. The summed E-state index contributed by atoms with van der Waals surface area (Å²) in [6.07, 6.45) is 9.70. The lowest BCUT2D eigenvalue weighted by Gasteiger charge is -2.35. The number of carbonyl (C=O) groups is 2. The van der Waals surface area contributed by atoms with Crippen molar-refractivity contribution in [3.8, 4) is 0 Å². The Kier molecular flexibility index (Phi) is 6.39. The summed E-state index contributed by atoms with van der Waals surface area (Å²) in [5.41, 5.74) is 8.58. The molecule has 192 valence electrons. The van der Waals surface area contributed by atoms with E-state index >= 15 is 0 Å². The number of fused-ring (bicyclic) bond motifs is 1. The Morgan fingerprint density at radius 1 is 1.08 bits per heavy atom. The molecule has 6 rings (SSSR count). The van der Waals surface area contributed by atoms with E-state index in [4.69, 9.17) is 0 Å². The lowest BCUT2D eigenvalue weighted by molar-refractivity contribution is -0.114. The maximum Gasteiger partial charge on any atom is 0.258 e. The molecule has 0 atom stereocenters. The molecule has 1 aliphatic heterocycles. The number of hydrogen-bond donors (Lipinski definition) is 2. The average molecular weight is 507 g/mol. The van der Waals surface area contributed by atoms with Crippen LogP contribution in [-0.4, -0.2) is 50.7 Å². The Hall–Kier alpha value is -4.07. The van der Waals surface area contributed by atoms with E-state index in [-0.39, 0.29) is 24.2 Å². The standard InChI is InChI=1S/C31H30N4O3/c1-20-2-4-21(5-3-20)16-35-17-26(14-32-35)31(38)33-27-8-9-30(37)29(13-27)25-11-23-7-6-22(10-24(23)12-25)15-34-18-28(36)19-34/h2-8,10,12-14,17,28,36H,9,11,15-16,18-19H2,1H3,(H,33,38). The highest BCUT2D eigenvalue weighted by atomic mass is 16.3. The van der Waals surface area contributed by atoms with E-state index in [2.05, 4.69) is 63.9 Å². The molecule has 2 aromatic carbocycles. The molecule has 2 heterocycles. The van der Waals surface area contributed by atoms with Gasteiger partial charge in [-0.1, -0.05) is 60.2 Å². The number of ketones is 1. The van der Waals surface area contributed by atoms with Gasteiger partial charge >= 0.3 is 0 Å². The fraction of sp³-hybridized carbons (Fsp3) is 0.258. The monoisotopic (exact) mass is 506 g/mol. The van der Waals surface area contributed by atoms with Crippen molar-refractivity contribution in [1.29, 1.82) is 0 Å². The minimum atomic E-state index is -0.249. The van der Waals surface area contributed by atoms with Gasteiger partial charge in [0.2, 0.25) is 0 Å². The molecular formula is C31H30N4O3. The number of aliphatic hydroxyl groups is 1. The predicted octanol–water partition coefficient (Wildman–Crippen LogP) is 3.57. The molecule has 0 spiro atoms. The van der Waals surface area contributed by atoms with Crippen molar-refractivity contribution >= 4 is 17.8 Å². The van der Waals surface area contributed by atoms with Gasteiger partial charge in [0, 0.05) is 43.5 Å². The first-order valence-corrected chi connectivity index (χ1v) is 13.0. The second-order valence-electron chi connectivity index (χ2n) is 10.4. The zero-order chi connectivity index (χ0) is 26.2. The normalized spacial score (nSPS) is 17.4. The van der Waals surface area contributed by atoms with Gasteiger partial charge in [-0.25, -0.2) is 0 Å².